The van der Waals surface area contributed by atoms with E-state index in [-0.39, 0.29) is 11.2 Å². The summed E-state index contributed by atoms with van der Waals surface area (Å²) in [7, 11) is 0. The van der Waals surface area contributed by atoms with Gasteiger partial charge in [-0.05, 0) is 39.0 Å². The van der Waals surface area contributed by atoms with Gasteiger partial charge in [-0.3, -0.25) is 4.79 Å². The van der Waals surface area contributed by atoms with Crippen molar-refractivity contribution in [2.75, 3.05) is 10.6 Å². The van der Waals surface area contributed by atoms with E-state index >= 15 is 0 Å². The summed E-state index contributed by atoms with van der Waals surface area (Å²) in [4.78, 5) is 12.2. The zero-order valence-electron chi connectivity index (χ0n) is 12.5. The molecule has 0 aliphatic heterocycles. The molecule has 0 saturated heterocycles. The Bertz CT molecular complexity index is 647. The Morgan fingerprint density at radius 3 is 2.77 bits per heavy atom. The van der Waals surface area contributed by atoms with Crippen molar-refractivity contribution in [2.45, 2.75) is 36.4 Å². The maximum atomic E-state index is 12.2. The fraction of sp³-hybridized carbons (Fsp3) is 0.357. The van der Waals surface area contributed by atoms with Gasteiger partial charge in [0.05, 0.1) is 5.25 Å². The molecule has 8 heteroatoms. The largest absolute Gasteiger partial charge is 0.358 e. The lowest BCUT2D eigenvalue weighted by molar-refractivity contribution is -0.115. The predicted octanol–water partition coefficient (Wildman–Crippen LogP) is 4.13. The average molecular weight is 357 g/mol. The number of anilines is 2. The third-order valence-electron chi connectivity index (χ3n) is 2.56. The van der Waals surface area contributed by atoms with Crippen LogP contribution in [0, 0.1) is 0 Å². The summed E-state index contributed by atoms with van der Waals surface area (Å²) in [6, 6.07) is 7.38. The fourth-order valence-corrected chi connectivity index (χ4v) is 3.81. The lowest BCUT2D eigenvalue weighted by Crippen LogP contribution is -2.22. The van der Waals surface area contributed by atoms with Crippen LogP contribution >= 0.6 is 34.7 Å². The molecule has 0 fully saturated rings. The van der Waals surface area contributed by atoms with Crippen molar-refractivity contribution in [1.82, 2.24) is 10.2 Å². The Labute approximate surface area is 142 Å². The van der Waals surface area contributed by atoms with Crippen molar-refractivity contribution in [2.24, 2.45) is 0 Å². The molecule has 1 atom stereocenters. The van der Waals surface area contributed by atoms with Crippen LogP contribution in [-0.4, -0.2) is 27.4 Å². The molecule has 1 aromatic carbocycles. The van der Waals surface area contributed by atoms with Crippen LogP contribution in [0.25, 0.3) is 0 Å². The Morgan fingerprint density at radius 1 is 1.32 bits per heavy atom. The van der Waals surface area contributed by atoms with E-state index in [0.717, 1.165) is 9.47 Å². The van der Waals surface area contributed by atoms with E-state index in [1.54, 1.807) is 24.3 Å². The smallest absolute Gasteiger partial charge is 0.237 e. The normalized spacial score (nSPS) is 12.2. The molecule has 2 N–H and O–H groups in total. The number of aromatic nitrogens is 2. The summed E-state index contributed by atoms with van der Waals surface area (Å²) >= 11 is 8.73. The van der Waals surface area contributed by atoms with Crippen molar-refractivity contribution < 1.29 is 4.79 Å². The standard InChI is InChI=1S/C14H17ClN4OS2/c1-8(2)16-13-18-19-14(22-13)21-9(3)12(20)17-11-6-4-5-10(15)7-11/h4-9H,1-3H3,(H,16,18)(H,17,20). The van der Waals surface area contributed by atoms with Crippen molar-refractivity contribution in [1.29, 1.82) is 0 Å². The predicted molar refractivity (Wildman–Crippen MR) is 94.1 cm³/mol. The summed E-state index contributed by atoms with van der Waals surface area (Å²) in [5, 5.41) is 15.2. The first-order valence-corrected chi connectivity index (χ1v) is 8.84. The minimum absolute atomic E-state index is 0.0964. The first kappa shape index (κ1) is 17.1. The van der Waals surface area contributed by atoms with Gasteiger partial charge in [0.25, 0.3) is 0 Å². The molecule has 0 spiro atoms. The molecule has 0 aliphatic carbocycles. The van der Waals surface area contributed by atoms with E-state index in [4.69, 9.17) is 11.6 Å². The Balaban J connectivity index is 1.92. The Hall–Kier alpha value is -1.31. The van der Waals surface area contributed by atoms with Gasteiger partial charge in [0.1, 0.15) is 0 Å². The number of hydrogen-bond acceptors (Lipinski definition) is 6. The highest BCUT2D eigenvalue weighted by Gasteiger charge is 2.17. The van der Waals surface area contributed by atoms with Crippen LogP contribution < -0.4 is 10.6 Å². The fourth-order valence-electron chi connectivity index (χ4n) is 1.58. The molecule has 5 nitrogen and oxygen atoms in total. The van der Waals surface area contributed by atoms with Gasteiger partial charge in [-0.15, -0.1) is 10.2 Å². The maximum absolute atomic E-state index is 12.2. The lowest BCUT2D eigenvalue weighted by Gasteiger charge is -2.10. The molecule has 1 aromatic heterocycles. The van der Waals surface area contributed by atoms with E-state index in [1.165, 1.54) is 23.1 Å². The number of nitrogens with zero attached hydrogens (tertiary/aromatic N) is 2. The van der Waals surface area contributed by atoms with Crippen LogP contribution in [0.15, 0.2) is 28.6 Å². The highest BCUT2D eigenvalue weighted by atomic mass is 35.5. The second kappa shape index (κ2) is 7.80. The third-order valence-corrected chi connectivity index (χ3v) is 4.83. The van der Waals surface area contributed by atoms with Gasteiger partial charge in [-0.2, -0.15) is 0 Å². The van der Waals surface area contributed by atoms with Crippen LogP contribution in [0.4, 0.5) is 10.8 Å². The van der Waals surface area contributed by atoms with Crippen molar-refractivity contribution in [3.05, 3.63) is 29.3 Å². The van der Waals surface area contributed by atoms with Crippen LogP contribution in [0.5, 0.6) is 0 Å². The lowest BCUT2D eigenvalue weighted by atomic mass is 10.3. The second-order valence-corrected chi connectivity index (χ2v) is 7.93. The zero-order valence-corrected chi connectivity index (χ0v) is 14.9. The van der Waals surface area contributed by atoms with E-state index in [1.807, 2.05) is 20.8 Å². The van der Waals surface area contributed by atoms with Crippen molar-refractivity contribution in [3.63, 3.8) is 0 Å². The molecule has 0 aliphatic rings. The molecular formula is C14H17ClN4OS2. The van der Waals surface area contributed by atoms with Gasteiger partial charge >= 0.3 is 0 Å². The zero-order chi connectivity index (χ0) is 16.1. The van der Waals surface area contributed by atoms with Crippen LogP contribution in [0.3, 0.4) is 0 Å². The first-order valence-electron chi connectivity index (χ1n) is 6.77. The highest BCUT2D eigenvalue weighted by molar-refractivity contribution is 8.02. The molecule has 0 bridgehead atoms. The van der Waals surface area contributed by atoms with Gasteiger partial charge in [-0.1, -0.05) is 40.8 Å². The van der Waals surface area contributed by atoms with Crippen LogP contribution in [-0.2, 0) is 4.79 Å². The SMILES string of the molecule is CC(C)Nc1nnc(SC(C)C(=O)Nc2cccc(Cl)c2)s1. The van der Waals surface area contributed by atoms with Crippen molar-refractivity contribution >= 4 is 51.4 Å². The first-order chi connectivity index (χ1) is 10.4. The van der Waals surface area contributed by atoms with Crippen LogP contribution in [0.1, 0.15) is 20.8 Å². The molecular weight excluding hydrogens is 340 g/mol. The molecule has 1 heterocycles. The molecule has 1 unspecified atom stereocenters. The molecule has 0 radical (unpaired) electrons. The number of carbonyl (C=O) groups is 1. The van der Waals surface area contributed by atoms with Crippen molar-refractivity contribution in [3.8, 4) is 0 Å². The Kier molecular flexibility index (Phi) is 6.05. The summed E-state index contributed by atoms with van der Waals surface area (Å²) in [6.07, 6.45) is 0. The number of halogens is 1. The monoisotopic (exact) mass is 356 g/mol. The van der Waals surface area contributed by atoms with Crippen LogP contribution in [0.2, 0.25) is 5.02 Å². The third kappa shape index (κ3) is 5.15. The number of rotatable bonds is 6. The summed E-state index contributed by atoms with van der Waals surface area (Å²) < 4.78 is 0.761. The summed E-state index contributed by atoms with van der Waals surface area (Å²) in [6.45, 7) is 5.91. The van der Waals surface area contributed by atoms with E-state index in [9.17, 15) is 4.79 Å². The number of hydrogen-bond donors (Lipinski definition) is 2. The summed E-state index contributed by atoms with van der Waals surface area (Å²) in [5.74, 6) is -0.0964. The summed E-state index contributed by atoms with van der Waals surface area (Å²) in [5.41, 5.74) is 0.685. The van der Waals surface area contributed by atoms with E-state index in [0.29, 0.717) is 16.8 Å². The topological polar surface area (TPSA) is 66.9 Å². The molecule has 1 amide bonds. The van der Waals surface area contributed by atoms with Gasteiger partial charge in [0.2, 0.25) is 11.0 Å². The number of thioether (sulfide) groups is 1. The van der Waals surface area contributed by atoms with E-state index < -0.39 is 0 Å². The number of benzene rings is 1. The minimum atomic E-state index is -0.279. The number of nitrogens with one attached hydrogen (secondary N) is 2. The highest BCUT2D eigenvalue weighted by Crippen LogP contribution is 2.29. The average Bonchev–Trinajstić information content (AvgIpc) is 2.85. The number of carbonyl (C=O) groups excluding carboxylic acids is 1. The van der Waals surface area contributed by atoms with Gasteiger partial charge in [-0.25, -0.2) is 0 Å². The Morgan fingerprint density at radius 2 is 2.09 bits per heavy atom. The quantitative estimate of drug-likeness (QED) is 0.762. The van der Waals surface area contributed by atoms with Gasteiger partial charge in [0, 0.05) is 16.8 Å². The number of amides is 1. The molecule has 22 heavy (non-hydrogen) atoms. The van der Waals surface area contributed by atoms with E-state index in [2.05, 4.69) is 20.8 Å². The van der Waals surface area contributed by atoms with Gasteiger partial charge < -0.3 is 10.6 Å². The maximum Gasteiger partial charge on any atom is 0.237 e. The molecule has 2 rings (SSSR count). The molecule has 0 saturated carbocycles. The molecule has 2 aromatic rings. The second-order valence-electron chi connectivity index (χ2n) is 4.93. The van der Waals surface area contributed by atoms with Gasteiger partial charge in [0.15, 0.2) is 4.34 Å². The molecule has 118 valence electrons. The minimum Gasteiger partial charge on any atom is -0.358 e.